The van der Waals surface area contributed by atoms with E-state index in [1.165, 1.54) is 0 Å². The molecule has 0 aliphatic carbocycles. The van der Waals surface area contributed by atoms with Crippen molar-refractivity contribution >= 4 is 33.4 Å². The zero-order valence-corrected chi connectivity index (χ0v) is 15.1. The summed E-state index contributed by atoms with van der Waals surface area (Å²) in [5.41, 5.74) is 1.58. The van der Waals surface area contributed by atoms with Crippen LogP contribution in [0.4, 0.5) is 0 Å². The Morgan fingerprint density at radius 1 is 1.04 bits per heavy atom. The third-order valence-corrected chi connectivity index (χ3v) is 4.51. The highest BCUT2D eigenvalue weighted by Gasteiger charge is 2.19. The highest BCUT2D eigenvalue weighted by molar-refractivity contribution is 9.10. The van der Waals surface area contributed by atoms with Gasteiger partial charge in [0.1, 0.15) is 5.76 Å². The van der Waals surface area contributed by atoms with Crippen LogP contribution in [-0.2, 0) is 13.1 Å². The molecule has 2 aromatic carbocycles. The number of carbonyl (C=O) groups is 1. The molecule has 3 rings (SSSR count). The molecule has 1 amide bonds. The molecule has 5 heteroatoms. The topological polar surface area (TPSA) is 33.5 Å². The molecule has 0 aliphatic rings. The molecule has 3 nitrogen and oxygen atoms in total. The second kappa shape index (κ2) is 7.69. The smallest absolute Gasteiger partial charge is 0.255 e. The molecule has 0 spiro atoms. The fourth-order valence-electron chi connectivity index (χ4n) is 2.45. The SMILES string of the molecule is O=C(c1ccccc1Br)N(Cc1cccc(Cl)c1)Cc1ccco1. The second-order valence-corrected chi connectivity index (χ2v) is 6.64. The lowest BCUT2D eigenvalue weighted by molar-refractivity contribution is 0.0717. The largest absolute Gasteiger partial charge is 0.467 e. The summed E-state index contributed by atoms with van der Waals surface area (Å²) < 4.78 is 6.18. The highest BCUT2D eigenvalue weighted by atomic mass is 79.9. The molecule has 0 aliphatic heterocycles. The molecule has 0 bridgehead atoms. The fraction of sp³-hybridized carbons (Fsp3) is 0.105. The van der Waals surface area contributed by atoms with E-state index in [4.69, 9.17) is 16.0 Å². The van der Waals surface area contributed by atoms with Gasteiger partial charge in [0.2, 0.25) is 0 Å². The van der Waals surface area contributed by atoms with E-state index >= 15 is 0 Å². The number of nitrogens with zero attached hydrogens (tertiary/aromatic N) is 1. The van der Waals surface area contributed by atoms with Crippen molar-refractivity contribution in [2.24, 2.45) is 0 Å². The van der Waals surface area contributed by atoms with Crippen molar-refractivity contribution in [2.45, 2.75) is 13.1 Å². The van der Waals surface area contributed by atoms with E-state index in [-0.39, 0.29) is 5.91 Å². The van der Waals surface area contributed by atoms with Gasteiger partial charge in [-0.25, -0.2) is 0 Å². The first-order chi connectivity index (χ1) is 11.6. The molecule has 122 valence electrons. The molecular weight excluding hydrogens is 390 g/mol. The first-order valence-corrected chi connectivity index (χ1v) is 8.61. The minimum atomic E-state index is -0.0705. The van der Waals surface area contributed by atoms with Crippen molar-refractivity contribution in [3.8, 4) is 0 Å². The summed E-state index contributed by atoms with van der Waals surface area (Å²) in [6, 6.07) is 18.6. The second-order valence-electron chi connectivity index (χ2n) is 5.35. The van der Waals surface area contributed by atoms with Crippen LogP contribution < -0.4 is 0 Å². The monoisotopic (exact) mass is 403 g/mol. The normalized spacial score (nSPS) is 10.6. The van der Waals surface area contributed by atoms with Crippen molar-refractivity contribution < 1.29 is 9.21 Å². The summed E-state index contributed by atoms with van der Waals surface area (Å²) in [6.45, 7) is 0.834. The van der Waals surface area contributed by atoms with Crippen LogP contribution in [0.3, 0.4) is 0 Å². The van der Waals surface area contributed by atoms with Crippen LogP contribution in [0.1, 0.15) is 21.7 Å². The van der Waals surface area contributed by atoms with Crippen molar-refractivity contribution in [1.29, 1.82) is 0 Å². The Bertz CT molecular complexity index is 833. The Kier molecular flexibility index (Phi) is 5.38. The van der Waals surface area contributed by atoms with Gasteiger partial charge >= 0.3 is 0 Å². The van der Waals surface area contributed by atoms with Gasteiger partial charge in [-0.2, -0.15) is 0 Å². The summed E-state index contributed by atoms with van der Waals surface area (Å²) in [7, 11) is 0. The molecule has 0 atom stereocenters. The Morgan fingerprint density at radius 2 is 1.88 bits per heavy atom. The minimum absolute atomic E-state index is 0.0705. The zero-order chi connectivity index (χ0) is 16.9. The molecule has 0 saturated carbocycles. The number of furan rings is 1. The lowest BCUT2D eigenvalue weighted by Gasteiger charge is -2.22. The van der Waals surface area contributed by atoms with Crippen LogP contribution in [0.15, 0.2) is 75.8 Å². The summed E-state index contributed by atoms with van der Waals surface area (Å²) >= 11 is 9.51. The number of amides is 1. The molecule has 3 aromatic rings. The molecule has 0 saturated heterocycles. The van der Waals surface area contributed by atoms with Crippen molar-refractivity contribution in [1.82, 2.24) is 4.90 Å². The van der Waals surface area contributed by atoms with Crippen LogP contribution in [0.2, 0.25) is 5.02 Å². The predicted molar refractivity (Wildman–Crippen MR) is 97.9 cm³/mol. The van der Waals surface area contributed by atoms with E-state index in [2.05, 4.69) is 15.9 Å². The van der Waals surface area contributed by atoms with Gasteiger partial charge in [-0.15, -0.1) is 0 Å². The summed E-state index contributed by atoms with van der Waals surface area (Å²) in [5, 5.41) is 0.652. The van der Waals surface area contributed by atoms with Crippen molar-refractivity contribution in [3.05, 3.63) is 93.3 Å². The number of hydrogen-bond acceptors (Lipinski definition) is 2. The van der Waals surface area contributed by atoms with Crippen LogP contribution in [0, 0.1) is 0 Å². The maximum absolute atomic E-state index is 13.0. The molecule has 0 radical (unpaired) electrons. The highest BCUT2D eigenvalue weighted by Crippen LogP contribution is 2.21. The van der Waals surface area contributed by atoms with Crippen molar-refractivity contribution in [3.63, 3.8) is 0 Å². The molecule has 24 heavy (non-hydrogen) atoms. The van der Waals surface area contributed by atoms with E-state index in [9.17, 15) is 4.79 Å². The first kappa shape index (κ1) is 16.8. The molecular formula is C19H15BrClNO2. The van der Waals surface area contributed by atoms with Gasteiger partial charge in [-0.05, 0) is 57.9 Å². The number of halogens is 2. The summed E-state index contributed by atoms with van der Waals surface area (Å²) in [6.07, 6.45) is 1.61. The molecule has 0 N–H and O–H groups in total. The maximum Gasteiger partial charge on any atom is 0.255 e. The predicted octanol–water partition coefficient (Wildman–Crippen LogP) is 5.54. The third kappa shape index (κ3) is 4.08. The molecule has 1 aromatic heterocycles. The van der Waals surface area contributed by atoms with Crippen molar-refractivity contribution in [2.75, 3.05) is 0 Å². The molecule has 1 heterocycles. The lowest BCUT2D eigenvalue weighted by atomic mass is 10.1. The number of benzene rings is 2. The van der Waals surface area contributed by atoms with Gasteiger partial charge in [0, 0.05) is 16.0 Å². The van der Waals surface area contributed by atoms with Crippen LogP contribution in [-0.4, -0.2) is 10.8 Å². The molecule has 0 unspecified atom stereocenters. The molecule has 0 fully saturated rings. The maximum atomic E-state index is 13.0. The average Bonchev–Trinajstić information content (AvgIpc) is 3.07. The van der Waals surface area contributed by atoms with Gasteiger partial charge in [0.25, 0.3) is 5.91 Å². The van der Waals surface area contributed by atoms with E-state index in [1.807, 2.05) is 54.6 Å². The number of carbonyl (C=O) groups excluding carboxylic acids is 1. The van der Waals surface area contributed by atoms with E-state index in [0.29, 0.717) is 23.7 Å². The van der Waals surface area contributed by atoms with E-state index in [1.54, 1.807) is 17.2 Å². The van der Waals surface area contributed by atoms with Crippen LogP contribution >= 0.6 is 27.5 Å². The number of rotatable bonds is 5. The van der Waals surface area contributed by atoms with Gasteiger partial charge in [0.05, 0.1) is 18.4 Å². The van der Waals surface area contributed by atoms with Gasteiger partial charge in [0.15, 0.2) is 0 Å². The van der Waals surface area contributed by atoms with Crippen LogP contribution in [0.25, 0.3) is 0 Å². The third-order valence-electron chi connectivity index (χ3n) is 3.58. The summed E-state index contributed by atoms with van der Waals surface area (Å²) in [4.78, 5) is 14.7. The van der Waals surface area contributed by atoms with Gasteiger partial charge in [-0.1, -0.05) is 35.9 Å². The lowest BCUT2D eigenvalue weighted by Crippen LogP contribution is -2.30. The first-order valence-electron chi connectivity index (χ1n) is 7.44. The Labute approximate surface area is 154 Å². The quantitative estimate of drug-likeness (QED) is 0.559. The van der Waals surface area contributed by atoms with Crippen LogP contribution in [0.5, 0.6) is 0 Å². The van der Waals surface area contributed by atoms with Gasteiger partial charge < -0.3 is 9.32 Å². The standard InChI is InChI=1S/C19H15BrClNO2/c20-18-9-2-1-8-17(18)19(23)22(13-16-7-4-10-24-16)12-14-5-3-6-15(21)11-14/h1-11H,12-13H2. The fourth-order valence-corrected chi connectivity index (χ4v) is 3.12. The minimum Gasteiger partial charge on any atom is -0.467 e. The Hall–Kier alpha value is -2.04. The van der Waals surface area contributed by atoms with E-state index < -0.39 is 0 Å². The Balaban J connectivity index is 1.89. The Morgan fingerprint density at radius 3 is 2.58 bits per heavy atom. The average molecular weight is 405 g/mol. The summed E-state index contributed by atoms with van der Waals surface area (Å²) in [5.74, 6) is 0.663. The van der Waals surface area contributed by atoms with E-state index in [0.717, 1.165) is 15.8 Å². The van der Waals surface area contributed by atoms with Gasteiger partial charge in [-0.3, -0.25) is 4.79 Å². The zero-order valence-electron chi connectivity index (χ0n) is 12.8. The number of hydrogen-bond donors (Lipinski definition) is 0.